The molecule has 0 atom stereocenters. The first-order valence-corrected chi connectivity index (χ1v) is 11.3. The number of fused-ring (bicyclic) bond motifs is 2. The van der Waals surface area contributed by atoms with Crippen molar-refractivity contribution in [3.63, 3.8) is 0 Å². The van der Waals surface area contributed by atoms with Crippen molar-refractivity contribution in [1.29, 1.82) is 0 Å². The molecule has 37 heavy (non-hydrogen) atoms. The van der Waals surface area contributed by atoms with Gasteiger partial charge in [0, 0.05) is 32.0 Å². The summed E-state index contributed by atoms with van der Waals surface area (Å²) in [5, 5.41) is 15.3. The third-order valence-electron chi connectivity index (χ3n) is 5.55. The van der Waals surface area contributed by atoms with Crippen LogP contribution in [0.5, 0.6) is 11.5 Å². The molecule has 4 aromatic rings. The highest BCUT2D eigenvalue weighted by molar-refractivity contribution is 5.98. The lowest BCUT2D eigenvalue weighted by molar-refractivity contribution is -0.121. The van der Waals surface area contributed by atoms with E-state index in [4.69, 9.17) is 15.6 Å². The molecule has 0 saturated carbocycles. The Morgan fingerprint density at radius 1 is 1.16 bits per heavy atom. The van der Waals surface area contributed by atoms with Crippen molar-refractivity contribution in [2.45, 2.75) is 26.4 Å². The number of nitrogens with two attached hydrogens (primary N) is 1. The number of aromatic hydroxyl groups is 1. The van der Waals surface area contributed by atoms with E-state index in [0.717, 1.165) is 27.4 Å². The number of amides is 1. The van der Waals surface area contributed by atoms with Gasteiger partial charge >= 0.3 is 0 Å². The van der Waals surface area contributed by atoms with Crippen LogP contribution in [0.2, 0.25) is 0 Å². The van der Waals surface area contributed by atoms with Gasteiger partial charge in [0.1, 0.15) is 29.5 Å². The number of hydrogen-bond donors (Lipinski definition) is 3. The van der Waals surface area contributed by atoms with Crippen LogP contribution in [0.1, 0.15) is 44.6 Å². The average Bonchev–Trinajstić information content (AvgIpc) is 3.27. The number of carbonyl (C=O) groups is 3. The number of rotatable bonds is 5. The SMILES string of the molecule is CC(=O)c1cc(C(=O)NCc2ccc3c(c2)CC(=O)CO3)nc2c(F)cnn12.NCc1ccc(O)cc1. The number of nitrogens with zero attached hydrogens (tertiary/aromatic N) is 3. The van der Waals surface area contributed by atoms with E-state index in [-0.39, 0.29) is 53.9 Å². The molecule has 0 fully saturated rings. The molecule has 0 saturated heterocycles. The van der Waals surface area contributed by atoms with Gasteiger partial charge in [-0.3, -0.25) is 14.4 Å². The maximum absolute atomic E-state index is 13.8. The number of Topliss-reactive ketones (excluding diaryl/α,β-unsaturated/α-hetero) is 2. The predicted octanol–water partition coefficient (Wildman–Crippen LogP) is 2.36. The van der Waals surface area contributed by atoms with Crippen molar-refractivity contribution in [1.82, 2.24) is 19.9 Å². The van der Waals surface area contributed by atoms with Gasteiger partial charge in [0.25, 0.3) is 5.91 Å². The quantitative estimate of drug-likeness (QED) is 0.350. The van der Waals surface area contributed by atoms with E-state index >= 15 is 0 Å². The second kappa shape index (κ2) is 11.0. The van der Waals surface area contributed by atoms with Crippen molar-refractivity contribution in [3.8, 4) is 11.5 Å². The van der Waals surface area contributed by atoms with E-state index in [1.807, 2.05) is 0 Å². The third-order valence-corrected chi connectivity index (χ3v) is 5.55. The molecule has 0 radical (unpaired) electrons. The first kappa shape index (κ1) is 25.5. The number of carbonyl (C=O) groups excluding carboxylic acids is 3. The molecule has 1 aliphatic heterocycles. The van der Waals surface area contributed by atoms with E-state index in [0.29, 0.717) is 12.3 Å². The molecule has 0 spiro atoms. The van der Waals surface area contributed by atoms with Crippen molar-refractivity contribution in [3.05, 3.63) is 88.6 Å². The number of phenols is 1. The second-order valence-corrected chi connectivity index (χ2v) is 8.31. The van der Waals surface area contributed by atoms with Crippen LogP contribution in [0.15, 0.2) is 54.7 Å². The lowest BCUT2D eigenvalue weighted by Gasteiger charge is -2.17. The number of hydrogen-bond acceptors (Lipinski definition) is 8. The van der Waals surface area contributed by atoms with Gasteiger partial charge in [-0.25, -0.2) is 13.9 Å². The lowest BCUT2D eigenvalue weighted by atomic mass is 10.0. The summed E-state index contributed by atoms with van der Waals surface area (Å²) in [6.07, 6.45) is 1.23. The number of halogens is 1. The summed E-state index contributed by atoms with van der Waals surface area (Å²) in [5.41, 5.74) is 7.67. The van der Waals surface area contributed by atoms with Crippen LogP contribution in [-0.2, 0) is 24.3 Å². The van der Waals surface area contributed by atoms with Gasteiger partial charge in [-0.1, -0.05) is 18.2 Å². The molecule has 2 aromatic carbocycles. The summed E-state index contributed by atoms with van der Waals surface area (Å²) in [6.45, 7) is 2.07. The molecule has 0 aliphatic carbocycles. The number of ketones is 2. The van der Waals surface area contributed by atoms with Crippen LogP contribution >= 0.6 is 0 Å². The highest BCUT2D eigenvalue weighted by Crippen LogP contribution is 2.24. The minimum Gasteiger partial charge on any atom is -0.508 e. The van der Waals surface area contributed by atoms with E-state index in [2.05, 4.69) is 15.4 Å². The molecular weight excluding hydrogens is 481 g/mol. The van der Waals surface area contributed by atoms with Gasteiger partial charge in [0.05, 0.1) is 6.20 Å². The zero-order valence-corrected chi connectivity index (χ0v) is 19.9. The zero-order chi connectivity index (χ0) is 26.5. The van der Waals surface area contributed by atoms with Gasteiger partial charge < -0.3 is 20.9 Å². The third kappa shape index (κ3) is 5.96. The summed E-state index contributed by atoms with van der Waals surface area (Å²) >= 11 is 0. The minimum absolute atomic E-state index is 0.00853. The van der Waals surface area contributed by atoms with Crippen molar-refractivity contribution >= 4 is 23.1 Å². The smallest absolute Gasteiger partial charge is 0.270 e. The van der Waals surface area contributed by atoms with E-state index < -0.39 is 11.7 Å². The zero-order valence-electron chi connectivity index (χ0n) is 19.9. The molecule has 0 unspecified atom stereocenters. The summed E-state index contributed by atoms with van der Waals surface area (Å²) in [5.74, 6) is -0.724. The maximum atomic E-state index is 13.8. The monoisotopic (exact) mass is 505 g/mol. The van der Waals surface area contributed by atoms with Crippen molar-refractivity contribution < 1.29 is 28.6 Å². The Morgan fingerprint density at radius 2 is 1.89 bits per heavy atom. The maximum Gasteiger partial charge on any atom is 0.270 e. The number of phenolic OH excluding ortho intramolecular Hbond substituents is 1. The molecule has 1 amide bonds. The van der Waals surface area contributed by atoms with Crippen LogP contribution in [-0.4, -0.2) is 43.8 Å². The molecular formula is C26H24FN5O5. The Labute approximate surface area is 210 Å². The topological polar surface area (TPSA) is 149 Å². The molecule has 4 N–H and O–H groups in total. The van der Waals surface area contributed by atoms with Crippen LogP contribution in [0, 0.1) is 5.82 Å². The molecule has 2 aromatic heterocycles. The summed E-state index contributed by atoms with van der Waals surface area (Å²) in [7, 11) is 0. The Bertz CT molecular complexity index is 1480. The largest absolute Gasteiger partial charge is 0.508 e. The molecule has 11 heteroatoms. The van der Waals surface area contributed by atoms with Crippen LogP contribution in [0.25, 0.3) is 5.65 Å². The first-order valence-electron chi connectivity index (χ1n) is 11.3. The number of nitrogens with one attached hydrogen (secondary N) is 1. The van der Waals surface area contributed by atoms with Gasteiger partial charge in [0.15, 0.2) is 23.0 Å². The molecule has 3 heterocycles. The van der Waals surface area contributed by atoms with Gasteiger partial charge in [-0.2, -0.15) is 5.10 Å². The van der Waals surface area contributed by atoms with E-state index in [1.54, 1.807) is 42.5 Å². The summed E-state index contributed by atoms with van der Waals surface area (Å²) in [6, 6.07) is 13.5. The average molecular weight is 506 g/mol. The summed E-state index contributed by atoms with van der Waals surface area (Å²) in [4.78, 5) is 39.8. The second-order valence-electron chi connectivity index (χ2n) is 8.31. The Kier molecular flexibility index (Phi) is 7.54. The fraction of sp³-hybridized carbons (Fsp3) is 0.192. The van der Waals surface area contributed by atoms with E-state index in [1.165, 1.54) is 13.0 Å². The first-order chi connectivity index (χ1) is 17.7. The fourth-order valence-corrected chi connectivity index (χ4v) is 3.65. The number of aromatic nitrogens is 3. The number of benzene rings is 2. The highest BCUT2D eigenvalue weighted by Gasteiger charge is 2.19. The Morgan fingerprint density at radius 3 is 2.59 bits per heavy atom. The Balaban J connectivity index is 0.000000301. The lowest BCUT2D eigenvalue weighted by Crippen LogP contribution is -2.25. The van der Waals surface area contributed by atoms with Crippen LogP contribution in [0.4, 0.5) is 4.39 Å². The Hall–Kier alpha value is -4.64. The molecule has 10 nitrogen and oxygen atoms in total. The van der Waals surface area contributed by atoms with Crippen molar-refractivity contribution in [2.24, 2.45) is 5.73 Å². The standard InChI is InChI=1S/C19H15FN4O4.C7H9NO/c1-10(25)16-6-15(23-18-14(20)8-22-24(16)18)19(27)21-7-11-2-3-17-12(4-11)5-13(26)9-28-17;8-5-6-1-3-7(9)4-2-6/h2-4,6,8H,5,7,9H2,1H3,(H,21,27);1-4,9H,5,8H2. The molecule has 190 valence electrons. The van der Waals surface area contributed by atoms with Gasteiger partial charge in [0.2, 0.25) is 0 Å². The van der Waals surface area contributed by atoms with Gasteiger partial charge in [-0.15, -0.1) is 0 Å². The van der Waals surface area contributed by atoms with Crippen LogP contribution in [0.3, 0.4) is 0 Å². The molecule has 0 bridgehead atoms. The highest BCUT2D eigenvalue weighted by atomic mass is 19.1. The predicted molar refractivity (Wildman–Crippen MR) is 131 cm³/mol. The molecule has 1 aliphatic rings. The van der Waals surface area contributed by atoms with E-state index in [9.17, 15) is 18.8 Å². The normalized spacial score (nSPS) is 12.2. The van der Waals surface area contributed by atoms with Gasteiger partial charge in [-0.05, 0) is 41.5 Å². The number of ether oxygens (including phenoxy) is 1. The van der Waals surface area contributed by atoms with Crippen molar-refractivity contribution in [2.75, 3.05) is 6.61 Å². The molecule has 5 rings (SSSR count). The fourth-order valence-electron chi connectivity index (χ4n) is 3.65. The summed E-state index contributed by atoms with van der Waals surface area (Å²) < 4.78 is 20.3. The minimum atomic E-state index is -0.725. The van der Waals surface area contributed by atoms with Crippen LogP contribution < -0.4 is 15.8 Å².